The number of hydrogen-bond acceptors (Lipinski definition) is 12. The summed E-state index contributed by atoms with van der Waals surface area (Å²) in [7, 11) is 0. The number of nitriles is 1. The van der Waals surface area contributed by atoms with Crippen LogP contribution in [0.3, 0.4) is 0 Å². The highest BCUT2D eigenvalue weighted by Gasteiger charge is 2.42. The van der Waals surface area contributed by atoms with Gasteiger partial charge in [0.05, 0.1) is 47.5 Å². The molecule has 4 aliphatic rings. The molecule has 0 saturated carbocycles. The van der Waals surface area contributed by atoms with Crippen molar-refractivity contribution in [3.05, 3.63) is 35.3 Å². The lowest BCUT2D eigenvalue weighted by atomic mass is 9.86. The standard InChI is InChI=1S/C31H31F3N8O3S/c32-21-7-18(22-19(8-35)28(36)46-27(22)23(21)33)25-24(34)26-20(9-37-25)29(42-10-16-1-2-17(11-42)38-16)40-30(39-26)45-15-31(13-44-14-31)12-41-3-5-43-6-4-41/h7,9,16-17,38H,1-6,10-15,36H2. The van der Waals surface area contributed by atoms with Crippen molar-refractivity contribution in [1.82, 2.24) is 25.2 Å². The second kappa shape index (κ2) is 11.5. The minimum absolute atomic E-state index is 0.00376. The molecule has 0 radical (unpaired) electrons. The Kier molecular flexibility index (Phi) is 7.37. The molecule has 2 atom stereocenters. The van der Waals surface area contributed by atoms with Crippen LogP contribution in [-0.2, 0) is 9.47 Å². The lowest BCUT2D eigenvalue weighted by Crippen LogP contribution is -2.56. The number of rotatable bonds is 7. The third-order valence-corrected chi connectivity index (χ3v) is 10.4. The van der Waals surface area contributed by atoms with Crippen molar-refractivity contribution in [1.29, 1.82) is 5.26 Å². The summed E-state index contributed by atoms with van der Waals surface area (Å²) in [6.45, 7) is 6.41. The average Bonchev–Trinajstić information content (AvgIpc) is 3.57. The van der Waals surface area contributed by atoms with Crippen molar-refractivity contribution in [2.24, 2.45) is 5.41 Å². The molecular weight excluding hydrogens is 621 g/mol. The van der Waals surface area contributed by atoms with Crippen LogP contribution in [0.4, 0.5) is 24.0 Å². The molecule has 11 nitrogen and oxygen atoms in total. The Bertz CT molecular complexity index is 1880. The van der Waals surface area contributed by atoms with Gasteiger partial charge in [0.25, 0.3) is 0 Å². The molecule has 4 aliphatic heterocycles. The van der Waals surface area contributed by atoms with Gasteiger partial charge in [-0.3, -0.25) is 9.88 Å². The van der Waals surface area contributed by atoms with E-state index >= 15 is 4.39 Å². The topological polar surface area (TPSA) is 135 Å². The van der Waals surface area contributed by atoms with Gasteiger partial charge in [0, 0.05) is 62.0 Å². The van der Waals surface area contributed by atoms with Crippen molar-refractivity contribution in [3.8, 4) is 23.3 Å². The number of morpholine rings is 1. The molecule has 7 heterocycles. The number of nitrogens with zero attached hydrogens (tertiary/aromatic N) is 6. The van der Waals surface area contributed by atoms with E-state index in [4.69, 9.17) is 24.9 Å². The predicted molar refractivity (Wildman–Crippen MR) is 165 cm³/mol. The third kappa shape index (κ3) is 4.99. The Hall–Kier alpha value is -3.81. The Balaban J connectivity index is 1.22. The van der Waals surface area contributed by atoms with E-state index in [2.05, 4.69) is 25.1 Å². The molecule has 8 rings (SSSR count). The van der Waals surface area contributed by atoms with Crippen LogP contribution in [0, 0.1) is 34.2 Å². The van der Waals surface area contributed by atoms with Crippen molar-refractivity contribution >= 4 is 43.1 Å². The Morgan fingerprint density at radius 3 is 2.57 bits per heavy atom. The van der Waals surface area contributed by atoms with Gasteiger partial charge in [-0.2, -0.15) is 15.2 Å². The first kappa shape index (κ1) is 29.6. The second-order valence-corrected chi connectivity index (χ2v) is 13.7. The summed E-state index contributed by atoms with van der Waals surface area (Å²) in [5, 5.41) is 13.8. The van der Waals surface area contributed by atoms with E-state index in [0.29, 0.717) is 50.7 Å². The van der Waals surface area contributed by atoms with Gasteiger partial charge in [-0.25, -0.2) is 13.2 Å². The number of pyridine rings is 1. The minimum Gasteiger partial charge on any atom is -0.463 e. The van der Waals surface area contributed by atoms with Gasteiger partial charge in [0.15, 0.2) is 17.5 Å². The zero-order valence-electron chi connectivity index (χ0n) is 24.8. The van der Waals surface area contributed by atoms with Crippen LogP contribution in [0.1, 0.15) is 18.4 Å². The minimum atomic E-state index is -1.20. The highest BCUT2D eigenvalue weighted by Crippen LogP contribution is 2.43. The van der Waals surface area contributed by atoms with Crippen LogP contribution in [0.15, 0.2) is 12.3 Å². The number of halogens is 3. The Morgan fingerprint density at radius 1 is 1.11 bits per heavy atom. The molecule has 240 valence electrons. The summed E-state index contributed by atoms with van der Waals surface area (Å²) in [4.78, 5) is 18.1. The van der Waals surface area contributed by atoms with Crippen LogP contribution in [0.5, 0.6) is 6.01 Å². The SMILES string of the molecule is N#Cc1c(N)sc2c(F)c(F)cc(-c3ncc4c(N5CC6CCC(C5)N6)nc(OCC5(CN6CCOCC6)COC5)nc4c3F)c12. The Morgan fingerprint density at radius 2 is 1.87 bits per heavy atom. The molecule has 0 aliphatic carbocycles. The average molecular weight is 653 g/mol. The van der Waals surface area contributed by atoms with Gasteiger partial charge in [0.2, 0.25) is 0 Å². The first-order valence-corrected chi connectivity index (χ1v) is 16.1. The zero-order chi connectivity index (χ0) is 31.6. The molecule has 0 spiro atoms. The van der Waals surface area contributed by atoms with E-state index < -0.39 is 17.5 Å². The van der Waals surface area contributed by atoms with E-state index in [1.54, 1.807) is 0 Å². The van der Waals surface area contributed by atoms with E-state index in [1.807, 2.05) is 6.07 Å². The predicted octanol–water partition coefficient (Wildman–Crippen LogP) is 3.45. The van der Waals surface area contributed by atoms with E-state index in [0.717, 1.165) is 49.9 Å². The first-order valence-electron chi connectivity index (χ1n) is 15.3. The number of ether oxygens (including phenoxy) is 3. The number of hydrogen-bond donors (Lipinski definition) is 2. The van der Waals surface area contributed by atoms with Gasteiger partial charge in [-0.05, 0) is 18.9 Å². The highest BCUT2D eigenvalue weighted by molar-refractivity contribution is 7.23. The maximum absolute atomic E-state index is 16.7. The maximum Gasteiger partial charge on any atom is 0.319 e. The number of thiophene rings is 1. The second-order valence-electron chi connectivity index (χ2n) is 12.6. The number of nitrogens with two attached hydrogens (primary N) is 1. The summed E-state index contributed by atoms with van der Waals surface area (Å²) in [6.07, 6.45) is 3.52. The van der Waals surface area contributed by atoms with Crippen molar-refractivity contribution in [2.45, 2.75) is 24.9 Å². The quantitative estimate of drug-likeness (QED) is 0.304. The largest absolute Gasteiger partial charge is 0.463 e. The smallest absolute Gasteiger partial charge is 0.319 e. The molecule has 1 aromatic carbocycles. The van der Waals surface area contributed by atoms with Gasteiger partial charge >= 0.3 is 6.01 Å². The molecule has 4 saturated heterocycles. The van der Waals surface area contributed by atoms with Crippen LogP contribution < -0.4 is 20.7 Å². The van der Waals surface area contributed by atoms with Gasteiger partial charge in [-0.1, -0.05) is 0 Å². The number of fused-ring (bicyclic) bond motifs is 4. The molecule has 2 bridgehead atoms. The maximum atomic E-state index is 16.7. The number of benzene rings is 1. The lowest BCUT2D eigenvalue weighted by molar-refractivity contribution is -0.150. The van der Waals surface area contributed by atoms with Crippen molar-refractivity contribution in [2.75, 3.05) is 76.4 Å². The van der Waals surface area contributed by atoms with Gasteiger partial charge in [0.1, 0.15) is 34.7 Å². The van der Waals surface area contributed by atoms with Gasteiger partial charge in [-0.15, -0.1) is 11.3 Å². The molecule has 46 heavy (non-hydrogen) atoms. The molecule has 15 heteroatoms. The fourth-order valence-electron chi connectivity index (χ4n) is 7.08. The van der Waals surface area contributed by atoms with E-state index in [-0.39, 0.29) is 67.5 Å². The molecule has 3 N–H and O–H groups in total. The normalized spacial score (nSPS) is 22.7. The van der Waals surface area contributed by atoms with Crippen LogP contribution >= 0.6 is 11.3 Å². The van der Waals surface area contributed by atoms with E-state index in [9.17, 15) is 14.0 Å². The zero-order valence-corrected chi connectivity index (χ0v) is 25.6. The van der Waals surface area contributed by atoms with Crippen LogP contribution in [-0.4, -0.2) is 97.7 Å². The fraction of sp³-hybridized carbons (Fsp3) is 0.484. The van der Waals surface area contributed by atoms with Crippen LogP contribution in [0.25, 0.3) is 32.2 Å². The highest BCUT2D eigenvalue weighted by atomic mass is 32.1. The summed E-state index contributed by atoms with van der Waals surface area (Å²) < 4.78 is 63.5. The third-order valence-electron chi connectivity index (χ3n) is 9.40. The number of aromatic nitrogens is 3. The van der Waals surface area contributed by atoms with Crippen molar-refractivity contribution in [3.63, 3.8) is 0 Å². The summed E-state index contributed by atoms with van der Waals surface area (Å²) in [5.74, 6) is -2.72. The summed E-state index contributed by atoms with van der Waals surface area (Å²) in [5.41, 5.74) is 5.21. The van der Waals surface area contributed by atoms with E-state index in [1.165, 1.54) is 6.20 Å². The summed E-state index contributed by atoms with van der Waals surface area (Å²) in [6, 6.07) is 3.35. The Labute approximate surface area is 266 Å². The molecule has 4 fully saturated rings. The molecular formula is C31H31F3N8O3S. The van der Waals surface area contributed by atoms with Crippen molar-refractivity contribution < 1.29 is 27.4 Å². The number of nitrogens with one attached hydrogen (secondary N) is 1. The molecule has 0 amide bonds. The number of anilines is 2. The first-order chi connectivity index (χ1) is 22.3. The summed E-state index contributed by atoms with van der Waals surface area (Å²) >= 11 is 0.732. The molecule has 3 aromatic heterocycles. The number of piperazine rings is 1. The monoisotopic (exact) mass is 652 g/mol. The molecule has 2 unspecified atom stereocenters. The van der Waals surface area contributed by atoms with Gasteiger partial charge < -0.3 is 30.2 Å². The van der Waals surface area contributed by atoms with Crippen LogP contribution in [0.2, 0.25) is 0 Å². The fourth-order valence-corrected chi connectivity index (χ4v) is 8.05. The number of nitrogen functional groups attached to an aromatic ring is 1. The lowest BCUT2D eigenvalue weighted by Gasteiger charge is -2.44. The molecule has 4 aromatic rings.